The van der Waals surface area contributed by atoms with Crippen molar-refractivity contribution in [1.82, 2.24) is 4.90 Å². The van der Waals surface area contributed by atoms with Crippen molar-refractivity contribution in [3.8, 4) is 0 Å². The van der Waals surface area contributed by atoms with Crippen LogP contribution in [0.3, 0.4) is 0 Å². The van der Waals surface area contributed by atoms with Gasteiger partial charge < -0.3 is 5.11 Å². The number of likely N-dealkylation sites (tertiary alicyclic amines) is 1. The van der Waals surface area contributed by atoms with E-state index in [1.54, 1.807) is 12.1 Å². The Morgan fingerprint density at radius 2 is 1.60 bits per heavy atom. The molecule has 0 bridgehead atoms. The van der Waals surface area contributed by atoms with Gasteiger partial charge in [0, 0.05) is 19.0 Å². The van der Waals surface area contributed by atoms with Crippen molar-refractivity contribution in [2.45, 2.75) is 81.1 Å². The van der Waals surface area contributed by atoms with Crippen LogP contribution in [0.4, 0.5) is 8.78 Å². The minimum absolute atomic E-state index is 0.0742. The maximum atomic E-state index is 14.2. The minimum Gasteiger partial charge on any atom is -0.480 e. The van der Waals surface area contributed by atoms with Crippen LogP contribution in [0.25, 0.3) is 0 Å². The first kappa shape index (κ1) is 29.2. The molecule has 218 valence electrons. The molecule has 1 saturated heterocycles. The van der Waals surface area contributed by atoms with Crippen LogP contribution in [0, 0.1) is 35.3 Å². The number of carbonyl (C=O) groups is 1. The van der Waals surface area contributed by atoms with Crippen molar-refractivity contribution < 1.29 is 27.1 Å². The number of hydrogen-bond acceptors (Lipinski definition) is 4. The number of carboxylic acid groups (broad SMARTS) is 1. The highest BCUT2D eigenvalue weighted by atomic mass is 32.2. The normalized spacial score (nSPS) is 26.9. The van der Waals surface area contributed by atoms with Crippen molar-refractivity contribution in [2.24, 2.45) is 23.7 Å². The maximum Gasteiger partial charge on any atom is 0.320 e. The molecule has 2 aromatic carbocycles. The quantitative estimate of drug-likeness (QED) is 0.304. The van der Waals surface area contributed by atoms with Crippen molar-refractivity contribution >= 4 is 15.8 Å². The molecule has 2 aliphatic carbocycles. The van der Waals surface area contributed by atoms with E-state index in [4.69, 9.17) is 0 Å². The summed E-state index contributed by atoms with van der Waals surface area (Å²) in [6.07, 6.45) is 9.71. The lowest BCUT2D eigenvalue weighted by molar-refractivity contribution is -0.144. The van der Waals surface area contributed by atoms with Crippen LogP contribution in [-0.4, -0.2) is 49.3 Å². The van der Waals surface area contributed by atoms with E-state index in [9.17, 15) is 27.1 Å². The molecule has 5 rings (SSSR count). The molecule has 40 heavy (non-hydrogen) atoms. The van der Waals surface area contributed by atoms with Gasteiger partial charge in [-0.1, -0.05) is 57.1 Å². The lowest BCUT2D eigenvalue weighted by Crippen LogP contribution is -2.42. The molecular weight excluding hydrogens is 532 g/mol. The fraction of sp³-hybridized carbons (Fsp3) is 0.594. The number of aliphatic carboxylic acids is 1. The van der Waals surface area contributed by atoms with Crippen molar-refractivity contribution in [3.63, 3.8) is 0 Å². The number of carboxylic acids is 1. The number of nitrogens with zero attached hydrogens (tertiary/aromatic N) is 1. The van der Waals surface area contributed by atoms with Gasteiger partial charge in [0.15, 0.2) is 9.84 Å². The molecule has 0 aromatic heterocycles. The lowest BCUT2D eigenvalue weighted by atomic mass is 9.74. The maximum absolute atomic E-state index is 14.2. The molecule has 1 aliphatic heterocycles. The molecule has 2 aromatic rings. The van der Waals surface area contributed by atoms with Gasteiger partial charge in [0.05, 0.1) is 10.6 Å². The van der Waals surface area contributed by atoms with Gasteiger partial charge in [-0.25, -0.2) is 17.2 Å². The minimum atomic E-state index is -3.43. The SMILES string of the molecule is O=C(O)C(CC1CCC1)N1CC(CC2CCC(CCS(=O)(=O)c3ccc(F)cc3)CC2)C(c2cccc(F)c2)C1. The van der Waals surface area contributed by atoms with Crippen LogP contribution in [0.2, 0.25) is 0 Å². The molecule has 0 amide bonds. The molecule has 3 fully saturated rings. The van der Waals surface area contributed by atoms with Crippen LogP contribution in [0.1, 0.15) is 75.7 Å². The predicted octanol–water partition coefficient (Wildman–Crippen LogP) is 6.68. The van der Waals surface area contributed by atoms with Gasteiger partial charge in [-0.2, -0.15) is 0 Å². The Kier molecular flexibility index (Phi) is 9.25. The smallest absolute Gasteiger partial charge is 0.320 e. The number of hydrogen-bond donors (Lipinski definition) is 1. The van der Waals surface area contributed by atoms with Gasteiger partial charge in [0.25, 0.3) is 0 Å². The number of sulfone groups is 1. The lowest BCUT2D eigenvalue weighted by Gasteiger charge is -2.33. The van der Waals surface area contributed by atoms with Gasteiger partial charge in [-0.15, -0.1) is 0 Å². The summed E-state index contributed by atoms with van der Waals surface area (Å²) >= 11 is 0. The van der Waals surface area contributed by atoms with Gasteiger partial charge >= 0.3 is 5.97 Å². The Bertz CT molecular complexity index is 1260. The average Bonchev–Trinajstić information content (AvgIpc) is 3.31. The summed E-state index contributed by atoms with van der Waals surface area (Å²) in [6.45, 7) is 1.37. The molecule has 0 radical (unpaired) electrons. The zero-order chi connectivity index (χ0) is 28.3. The Morgan fingerprint density at radius 3 is 2.23 bits per heavy atom. The number of halogens is 2. The van der Waals surface area contributed by atoms with Gasteiger partial charge in [-0.3, -0.25) is 9.69 Å². The van der Waals surface area contributed by atoms with Crippen LogP contribution < -0.4 is 0 Å². The Hall–Kier alpha value is -2.32. The Morgan fingerprint density at radius 1 is 0.900 bits per heavy atom. The van der Waals surface area contributed by atoms with Crippen LogP contribution in [0.15, 0.2) is 53.4 Å². The predicted molar refractivity (Wildman–Crippen MR) is 151 cm³/mol. The molecule has 3 unspecified atom stereocenters. The summed E-state index contributed by atoms with van der Waals surface area (Å²) in [7, 11) is -3.43. The number of benzene rings is 2. The summed E-state index contributed by atoms with van der Waals surface area (Å²) in [5.74, 6) is 0.351. The van der Waals surface area contributed by atoms with E-state index < -0.39 is 27.7 Å². The van der Waals surface area contributed by atoms with E-state index in [0.717, 1.165) is 57.1 Å². The first-order valence-electron chi connectivity index (χ1n) is 14.9. The van der Waals surface area contributed by atoms with E-state index in [-0.39, 0.29) is 28.3 Å². The summed E-state index contributed by atoms with van der Waals surface area (Å²) in [5, 5.41) is 10.1. The van der Waals surface area contributed by atoms with Crippen LogP contribution in [-0.2, 0) is 14.6 Å². The second-order valence-electron chi connectivity index (χ2n) is 12.4. The van der Waals surface area contributed by atoms with Crippen molar-refractivity contribution in [1.29, 1.82) is 0 Å². The van der Waals surface area contributed by atoms with Crippen molar-refractivity contribution in [3.05, 3.63) is 65.7 Å². The summed E-state index contributed by atoms with van der Waals surface area (Å²) < 4.78 is 52.8. The third-order valence-electron chi connectivity index (χ3n) is 9.82. The van der Waals surface area contributed by atoms with E-state index in [1.807, 2.05) is 6.07 Å². The zero-order valence-electron chi connectivity index (χ0n) is 23.1. The van der Waals surface area contributed by atoms with Crippen LogP contribution in [0.5, 0.6) is 0 Å². The molecular formula is C32H41F2NO4S. The monoisotopic (exact) mass is 573 g/mol. The second-order valence-corrected chi connectivity index (χ2v) is 14.6. The Labute approximate surface area is 236 Å². The third-order valence-corrected chi connectivity index (χ3v) is 11.6. The molecule has 0 spiro atoms. The van der Waals surface area contributed by atoms with Gasteiger partial charge in [0.2, 0.25) is 0 Å². The molecule has 3 atom stereocenters. The topological polar surface area (TPSA) is 74.7 Å². The van der Waals surface area contributed by atoms with E-state index in [0.29, 0.717) is 37.1 Å². The summed E-state index contributed by atoms with van der Waals surface area (Å²) in [5.41, 5.74) is 0.958. The molecule has 1 heterocycles. The van der Waals surface area contributed by atoms with Crippen molar-refractivity contribution in [2.75, 3.05) is 18.8 Å². The Balaban J connectivity index is 1.19. The van der Waals surface area contributed by atoms with E-state index in [2.05, 4.69) is 4.90 Å². The molecule has 8 heteroatoms. The molecule has 1 N–H and O–H groups in total. The standard InChI is InChI=1S/C32H41F2NO4S/c33-27-11-13-29(14-12-27)40(38,39)16-15-22-7-9-24(10-8-22)17-26-20-35(31(32(36)37)18-23-3-1-4-23)21-30(26)25-5-2-6-28(34)19-25/h2,5-6,11-14,19,22-24,26,30-31H,1,3-4,7-10,15-18,20-21H2,(H,36,37). The fourth-order valence-corrected chi connectivity index (χ4v) is 8.66. The molecule has 3 aliphatic rings. The average molecular weight is 574 g/mol. The highest BCUT2D eigenvalue weighted by molar-refractivity contribution is 7.91. The summed E-state index contributed by atoms with van der Waals surface area (Å²) in [4.78, 5) is 14.6. The third kappa shape index (κ3) is 7.11. The van der Waals surface area contributed by atoms with Gasteiger partial charge in [0.1, 0.15) is 17.7 Å². The largest absolute Gasteiger partial charge is 0.480 e. The van der Waals surface area contributed by atoms with E-state index in [1.165, 1.54) is 36.8 Å². The summed E-state index contributed by atoms with van der Waals surface area (Å²) in [6, 6.07) is 11.4. The highest BCUT2D eigenvalue weighted by Crippen LogP contribution is 2.43. The first-order chi connectivity index (χ1) is 19.2. The van der Waals surface area contributed by atoms with Crippen LogP contribution >= 0.6 is 0 Å². The number of rotatable bonds is 11. The first-order valence-corrected chi connectivity index (χ1v) is 16.5. The molecule has 5 nitrogen and oxygen atoms in total. The highest BCUT2D eigenvalue weighted by Gasteiger charge is 2.41. The fourth-order valence-electron chi connectivity index (χ4n) is 7.23. The zero-order valence-corrected chi connectivity index (χ0v) is 23.9. The second kappa shape index (κ2) is 12.7. The van der Waals surface area contributed by atoms with E-state index >= 15 is 0 Å². The molecule has 2 saturated carbocycles. The van der Waals surface area contributed by atoms with Gasteiger partial charge in [-0.05, 0) is 84.9 Å².